The largest absolute Gasteiger partial charge is 0.478 e. The number of hydrogen-bond acceptors (Lipinski definition) is 5. The number of nitrogens with one attached hydrogen (secondary N) is 1. The van der Waals surface area contributed by atoms with Gasteiger partial charge in [0.15, 0.2) is 5.17 Å². The van der Waals surface area contributed by atoms with Gasteiger partial charge in [-0.3, -0.25) is 4.79 Å². The average Bonchev–Trinajstić information content (AvgIpc) is 3.11. The molecule has 110 valence electrons. The maximum atomic E-state index is 11.9. The number of carbonyl (C=O) groups is 2. The normalized spacial score (nSPS) is 17.9. The van der Waals surface area contributed by atoms with E-state index >= 15 is 0 Å². The van der Waals surface area contributed by atoms with Crippen LogP contribution in [-0.4, -0.2) is 22.2 Å². The Kier molecular flexibility index (Phi) is 4.08. The van der Waals surface area contributed by atoms with E-state index in [1.165, 1.54) is 23.9 Å². The molecule has 1 saturated heterocycles. The lowest BCUT2D eigenvalue weighted by molar-refractivity contribution is -0.115. The van der Waals surface area contributed by atoms with Gasteiger partial charge in [0, 0.05) is 4.88 Å². The summed E-state index contributed by atoms with van der Waals surface area (Å²) >= 11 is 2.82. The summed E-state index contributed by atoms with van der Waals surface area (Å²) in [5.41, 5.74) is 0.788. The molecular weight excluding hydrogens is 320 g/mol. The molecule has 1 aliphatic heterocycles. The SMILES string of the molecule is O=C1NC(=Nc2ccc(C(=O)O)cc2)S/C1=C\c1cccs1. The summed E-state index contributed by atoms with van der Waals surface area (Å²) in [6.45, 7) is 0. The van der Waals surface area contributed by atoms with E-state index in [1.807, 2.05) is 23.6 Å². The minimum atomic E-state index is -0.982. The fraction of sp³-hybridized carbons (Fsp3) is 0. The van der Waals surface area contributed by atoms with Gasteiger partial charge in [0.05, 0.1) is 16.2 Å². The zero-order valence-electron chi connectivity index (χ0n) is 11.1. The molecule has 0 radical (unpaired) electrons. The van der Waals surface area contributed by atoms with Crippen molar-refractivity contribution in [1.29, 1.82) is 0 Å². The molecule has 5 nitrogen and oxygen atoms in total. The number of carbonyl (C=O) groups excluding carboxylic acids is 1. The van der Waals surface area contributed by atoms with Crippen molar-refractivity contribution in [3.05, 3.63) is 57.1 Å². The van der Waals surface area contributed by atoms with E-state index in [-0.39, 0.29) is 11.5 Å². The van der Waals surface area contributed by atoms with Gasteiger partial charge in [-0.05, 0) is 53.5 Å². The van der Waals surface area contributed by atoms with Crippen LogP contribution in [0, 0.1) is 0 Å². The smallest absolute Gasteiger partial charge is 0.335 e. The number of rotatable bonds is 3. The summed E-state index contributed by atoms with van der Waals surface area (Å²) in [5.74, 6) is -1.16. The lowest BCUT2D eigenvalue weighted by Gasteiger charge is -1.97. The predicted octanol–water partition coefficient (Wildman–Crippen LogP) is 3.34. The Morgan fingerprint density at radius 3 is 2.64 bits per heavy atom. The van der Waals surface area contributed by atoms with E-state index in [9.17, 15) is 9.59 Å². The molecule has 2 N–H and O–H groups in total. The van der Waals surface area contributed by atoms with E-state index < -0.39 is 5.97 Å². The minimum Gasteiger partial charge on any atom is -0.478 e. The first-order valence-corrected chi connectivity index (χ1v) is 7.98. The summed E-state index contributed by atoms with van der Waals surface area (Å²) in [7, 11) is 0. The molecule has 1 fully saturated rings. The van der Waals surface area contributed by atoms with Gasteiger partial charge >= 0.3 is 5.97 Å². The van der Waals surface area contributed by atoms with Gasteiger partial charge in [-0.15, -0.1) is 11.3 Å². The standard InChI is InChI=1S/C15H10N2O3S2/c18-13-12(8-11-2-1-7-21-11)22-15(17-13)16-10-5-3-9(4-6-10)14(19)20/h1-8H,(H,19,20)(H,16,17,18)/b12-8-. The zero-order chi connectivity index (χ0) is 15.5. The molecule has 3 rings (SSSR count). The lowest BCUT2D eigenvalue weighted by atomic mass is 10.2. The number of benzene rings is 1. The van der Waals surface area contributed by atoms with Crippen LogP contribution in [0.2, 0.25) is 0 Å². The highest BCUT2D eigenvalue weighted by Gasteiger charge is 2.23. The molecule has 0 spiro atoms. The second kappa shape index (κ2) is 6.17. The van der Waals surface area contributed by atoms with Crippen molar-refractivity contribution in [2.45, 2.75) is 0 Å². The molecular formula is C15H10N2O3S2. The summed E-state index contributed by atoms with van der Waals surface area (Å²) in [5, 5.41) is 14.0. The van der Waals surface area contributed by atoms with Crippen molar-refractivity contribution in [2.75, 3.05) is 0 Å². The predicted molar refractivity (Wildman–Crippen MR) is 88.5 cm³/mol. The van der Waals surface area contributed by atoms with E-state index in [0.717, 1.165) is 4.88 Å². The molecule has 0 atom stereocenters. The van der Waals surface area contributed by atoms with E-state index in [4.69, 9.17) is 5.11 Å². The van der Waals surface area contributed by atoms with Gasteiger partial charge < -0.3 is 10.4 Å². The Labute approximate surface area is 134 Å². The number of aromatic carboxylic acids is 1. The highest BCUT2D eigenvalue weighted by atomic mass is 32.2. The van der Waals surface area contributed by atoms with Gasteiger partial charge in [0.25, 0.3) is 5.91 Å². The molecule has 0 aliphatic carbocycles. The molecule has 1 aromatic heterocycles. The fourth-order valence-electron chi connectivity index (χ4n) is 1.78. The Balaban J connectivity index is 1.79. The summed E-state index contributed by atoms with van der Waals surface area (Å²) in [6, 6.07) is 10.0. The van der Waals surface area contributed by atoms with Crippen LogP contribution in [0.5, 0.6) is 0 Å². The average molecular weight is 330 g/mol. The molecule has 2 aromatic rings. The third-order valence-corrected chi connectivity index (χ3v) is 4.54. The van der Waals surface area contributed by atoms with Crippen molar-refractivity contribution in [3.63, 3.8) is 0 Å². The number of hydrogen-bond donors (Lipinski definition) is 2. The highest BCUT2D eigenvalue weighted by molar-refractivity contribution is 8.18. The quantitative estimate of drug-likeness (QED) is 0.846. The maximum absolute atomic E-state index is 11.9. The first-order valence-electron chi connectivity index (χ1n) is 6.28. The molecule has 1 amide bonds. The van der Waals surface area contributed by atoms with E-state index in [2.05, 4.69) is 10.3 Å². The number of nitrogens with zero attached hydrogens (tertiary/aromatic N) is 1. The molecule has 1 aromatic carbocycles. The number of carboxylic acids is 1. The lowest BCUT2D eigenvalue weighted by Crippen LogP contribution is -2.19. The Morgan fingerprint density at radius 2 is 2.00 bits per heavy atom. The van der Waals surface area contributed by atoms with Crippen molar-refractivity contribution >= 4 is 51.9 Å². The van der Waals surface area contributed by atoms with Gasteiger partial charge in [0.2, 0.25) is 0 Å². The Bertz CT molecular complexity index is 778. The molecule has 22 heavy (non-hydrogen) atoms. The first-order chi connectivity index (χ1) is 10.6. The number of thioether (sulfide) groups is 1. The molecule has 1 aliphatic rings. The topological polar surface area (TPSA) is 78.8 Å². The van der Waals surface area contributed by atoms with E-state index in [1.54, 1.807) is 23.5 Å². The number of carboxylic acid groups (broad SMARTS) is 1. The molecule has 0 unspecified atom stereocenters. The van der Waals surface area contributed by atoms with Crippen molar-refractivity contribution < 1.29 is 14.7 Å². The van der Waals surface area contributed by atoms with Crippen molar-refractivity contribution in [2.24, 2.45) is 4.99 Å². The molecule has 0 bridgehead atoms. The highest BCUT2D eigenvalue weighted by Crippen LogP contribution is 2.29. The van der Waals surface area contributed by atoms with Gasteiger partial charge in [-0.2, -0.15) is 0 Å². The van der Waals surface area contributed by atoms with Crippen LogP contribution in [-0.2, 0) is 4.79 Å². The van der Waals surface area contributed by atoms with Crippen molar-refractivity contribution in [3.8, 4) is 0 Å². The number of amides is 1. The van der Waals surface area contributed by atoms with Crippen LogP contribution in [0.1, 0.15) is 15.2 Å². The first kappa shape index (κ1) is 14.6. The van der Waals surface area contributed by atoms with E-state index in [0.29, 0.717) is 15.8 Å². The Hall–Kier alpha value is -2.38. The zero-order valence-corrected chi connectivity index (χ0v) is 12.8. The molecule has 7 heteroatoms. The number of amidine groups is 1. The maximum Gasteiger partial charge on any atom is 0.335 e. The van der Waals surface area contributed by atoms with Gasteiger partial charge in [0.1, 0.15) is 0 Å². The Morgan fingerprint density at radius 1 is 1.23 bits per heavy atom. The van der Waals surface area contributed by atoms with Crippen LogP contribution in [0.25, 0.3) is 6.08 Å². The van der Waals surface area contributed by atoms with Crippen LogP contribution >= 0.6 is 23.1 Å². The molecule has 0 saturated carbocycles. The van der Waals surface area contributed by atoms with Crippen LogP contribution in [0.15, 0.2) is 51.7 Å². The summed E-state index contributed by atoms with van der Waals surface area (Å²) in [6.07, 6.45) is 1.82. The molecule has 2 heterocycles. The fourth-order valence-corrected chi connectivity index (χ4v) is 3.34. The number of aliphatic imine (C=N–C) groups is 1. The second-order valence-electron chi connectivity index (χ2n) is 4.35. The van der Waals surface area contributed by atoms with Gasteiger partial charge in [-0.1, -0.05) is 6.07 Å². The number of thiophene rings is 1. The van der Waals surface area contributed by atoms with Crippen molar-refractivity contribution in [1.82, 2.24) is 5.32 Å². The van der Waals surface area contributed by atoms with Gasteiger partial charge in [-0.25, -0.2) is 9.79 Å². The summed E-state index contributed by atoms with van der Waals surface area (Å²) < 4.78 is 0. The van der Waals surface area contributed by atoms with Crippen LogP contribution in [0.4, 0.5) is 5.69 Å². The van der Waals surface area contributed by atoms with Crippen LogP contribution < -0.4 is 5.32 Å². The monoisotopic (exact) mass is 330 g/mol. The summed E-state index contributed by atoms with van der Waals surface area (Å²) in [4.78, 5) is 28.6. The third kappa shape index (κ3) is 3.26. The minimum absolute atomic E-state index is 0.181. The second-order valence-corrected chi connectivity index (χ2v) is 6.36. The van der Waals surface area contributed by atoms with Crippen LogP contribution in [0.3, 0.4) is 0 Å². The third-order valence-electron chi connectivity index (χ3n) is 2.81.